The zero-order valence-electron chi connectivity index (χ0n) is 36.2. The first-order valence-electron chi connectivity index (χ1n) is 23.9. The number of esters is 1. The molecule has 3 N–H and O–H groups in total. The molecule has 0 aliphatic rings. The quantitative estimate of drug-likeness (QED) is 0.0326. The van der Waals surface area contributed by atoms with Gasteiger partial charge in [0.15, 0.2) is 0 Å². The van der Waals surface area contributed by atoms with Gasteiger partial charge in [0, 0.05) is 12.8 Å². The van der Waals surface area contributed by atoms with Gasteiger partial charge in [-0.3, -0.25) is 9.59 Å². The Bertz CT molecular complexity index is 802. The second-order valence-electron chi connectivity index (χ2n) is 16.4. The highest BCUT2D eigenvalue weighted by Crippen LogP contribution is 2.16. The van der Waals surface area contributed by atoms with E-state index in [0.29, 0.717) is 25.9 Å². The lowest BCUT2D eigenvalue weighted by atomic mass is 10.0. The number of rotatable bonds is 44. The first kappa shape index (κ1) is 52.6. The van der Waals surface area contributed by atoms with Crippen molar-refractivity contribution in [3.63, 3.8) is 0 Å². The number of ether oxygens (including phenoxy) is 1. The maximum Gasteiger partial charge on any atom is 0.305 e. The molecule has 6 heteroatoms. The van der Waals surface area contributed by atoms with E-state index in [-0.39, 0.29) is 18.5 Å². The fourth-order valence-electron chi connectivity index (χ4n) is 7.34. The maximum atomic E-state index is 12.4. The molecular formula is C48H93NO5. The van der Waals surface area contributed by atoms with Gasteiger partial charge in [0.1, 0.15) is 0 Å². The van der Waals surface area contributed by atoms with Crippen LogP contribution in [0.4, 0.5) is 0 Å². The Morgan fingerprint density at radius 2 is 0.870 bits per heavy atom. The van der Waals surface area contributed by atoms with E-state index >= 15 is 0 Å². The fourth-order valence-corrected chi connectivity index (χ4v) is 7.34. The van der Waals surface area contributed by atoms with Crippen molar-refractivity contribution in [2.75, 3.05) is 13.2 Å². The number of carbonyl (C=O) groups is 2. The van der Waals surface area contributed by atoms with Crippen molar-refractivity contribution >= 4 is 11.9 Å². The second kappa shape index (κ2) is 44.3. The van der Waals surface area contributed by atoms with E-state index in [0.717, 1.165) is 70.6 Å². The zero-order valence-corrected chi connectivity index (χ0v) is 36.2. The largest absolute Gasteiger partial charge is 0.466 e. The van der Waals surface area contributed by atoms with E-state index in [1.54, 1.807) is 0 Å². The summed E-state index contributed by atoms with van der Waals surface area (Å²) in [7, 11) is 0. The number of aliphatic hydroxyl groups is 2. The highest BCUT2D eigenvalue weighted by Gasteiger charge is 2.20. The van der Waals surface area contributed by atoms with Gasteiger partial charge in [-0.1, -0.05) is 206 Å². The predicted molar refractivity (Wildman–Crippen MR) is 232 cm³/mol. The van der Waals surface area contributed by atoms with Gasteiger partial charge in [0.05, 0.1) is 25.4 Å². The molecule has 0 heterocycles. The molecule has 0 aliphatic carbocycles. The average molecular weight is 764 g/mol. The van der Waals surface area contributed by atoms with Crippen LogP contribution >= 0.6 is 0 Å². The number of allylic oxidation sites excluding steroid dienone is 2. The molecule has 0 aromatic rings. The summed E-state index contributed by atoms with van der Waals surface area (Å²) in [6, 6.07) is -0.559. The summed E-state index contributed by atoms with van der Waals surface area (Å²) in [6.45, 7) is 4.90. The van der Waals surface area contributed by atoms with Crippen LogP contribution in [0.2, 0.25) is 0 Å². The molecule has 1 amide bonds. The van der Waals surface area contributed by atoms with Gasteiger partial charge in [-0.25, -0.2) is 0 Å². The molecule has 2 atom stereocenters. The Morgan fingerprint density at radius 1 is 0.500 bits per heavy atom. The van der Waals surface area contributed by atoms with Gasteiger partial charge in [0.25, 0.3) is 0 Å². The molecule has 320 valence electrons. The first-order chi connectivity index (χ1) is 26.5. The Balaban J connectivity index is 3.51. The molecular weight excluding hydrogens is 671 g/mol. The number of aliphatic hydroxyl groups excluding tert-OH is 2. The Labute approximate surface area is 336 Å². The third-order valence-electron chi connectivity index (χ3n) is 11.1. The molecule has 2 unspecified atom stereocenters. The van der Waals surface area contributed by atoms with Gasteiger partial charge in [-0.05, 0) is 51.4 Å². The van der Waals surface area contributed by atoms with Crippen LogP contribution in [0.15, 0.2) is 12.2 Å². The highest BCUT2D eigenvalue weighted by molar-refractivity contribution is 5.76. The van der Waals surface area contributed by atoms with Crippen LogP contribution in [0.5, 0.6) is 0 Å². The monoisotopic (exact) mass is 764 g/mol. The summed E-state index contributed by atoms with van der Waals surface area (Å²) in [6.07, 6.45) is 48.8. The van der Waals surface area contributed by atoms with E-state index in [1.807, 2.05) is 0 Å². The standard InChI is InChI=1S/C48H93NO5/c1-3-5-7-9-11-13-15-17-21-24-28-32-36-40-46(51)45(44-50)49-47(52)41-37-33-29-25-22-18-16-19-23-27-31-35-39-43-54-48(53)42-38-34-30-26-20-14-12-10-8-6-4-2/h18,22,45-46,50-51H,3-17,19-21,23-44H2,1-2H3,(H,49,52)/b22-18-. The minimum absolute atomic E-state index is 0.0131. The molecule has 0 saturated heterocycles. The smallest absolute Gasteiger partial charge is 0.305 e. The molecule has 0 rings (SSSR count). The number of unbranched alkanes of at least 4 members (excludes halogenated alkanes) is 31. The summed E-state index contributed by atoms with van der Waals surface area (Å²) in [4.78, 5) is 24.4. The van der Waals surface area contributed by atoms with Crippen LogP contribution < -0.4 is 5.32 Å². The molecule has 0 aromatic heterocycles. The number of amides is 1. The summed E-state index contributed by atoms with van der Waals surface area (Å²) in [5, 5.41) is 23.1. The second-order valence-corrected chi connectivity index (χ2v) is 16.4. The fraction of sp³-hybridized carbons (Fsp3) is 0.917. The van der Waals surface area contributed by atoms with Crippen LogP contribution in [0.3, 0.4) is 0 Å². The lowest BCUT2D eigenvalue weighted by Crippen LogP contribution is -2.45. The number of hydrogen-bond donors (Lipinski definition) is 3. The van der Waals surface area contributed by atoms with Crippen LogP contribution in [0.1, 0.15) is 258 Å². The van der Waals surface area contributed by atoms with Gasteiger partial charge in [-0.15, -0.1) is 0 Å². The van der Waals surface area contributed by atoms with E-state index in [4.69, 9.17) is 4.74 Å². The Kier molecular flexibility index (Phi) is 43.2. The highest BCUT2D eigenvalue weighted by atomic mass is 16.5. The van der Waals surface area contributed by atoms with E-state index in [1.165, 1.54) is 154 Å². The molecule has 54 heavy (non-hydrogen) atoms. The van der Waals surface area contributed by atoms with Crippen molar-refractivity contribution in [2.45, 2.75) is 270 Å². The molecule has 0 spiro atoms. The average Bonchev–Trinajstić information content (AvgIpc) is 3.17. The summed E-state index contributed by atoms with van der Waals surface area (Å²) >= 11 is 0. The van der Waals surface area contributed by atoms with E-state index < -0.39 is 12.1 Å². The van der Waals surface area contributed by atoms with Gasteiger partial charge < -0.3 is 20.3 Å². The number of hydrogen-bond acceptors (Lipinski definition) is 5. The van der Waals surface area contributed by atoms with Crippen molar-refractivity contribution in [3.8, 4) is 0 Å². The van der Waals surface area contributed by atoms with E-state index in [2.05, 4.69) is 31.3 Å². The molecule has 0 fully saturated rings. The van der Waals surface area contributed by atoms with Crippen molar-refractivity contribution in [1.82, 2.24) is 5.32 Å². The van der Waals surface area contributed by atoms with Crippen LogP contribution in [0, 0.1) is 0 Å². The normalized spacial score (nSPS) is 12.7. The van der Waals surface area contributed by atoms with Gasteiger partial charge in [0.2, 0.25) is 5.91 Å². The topological polar surface area (TPSA) is 95.9 Å². The molecule has 0 saturated carbocycles. The van der Waals surface area contributed by atoms with Crippen LogP contribution in [-0.2, 0) is 14.3 Å². The third-order valence-corrected chi connectivity index (χ3v) is 11.1. The summed E-state index contributed by atoms with van der Waals surface area (Å²) < 4.78 is 5.43. The minimum Gasteiger partial charge on any atom is -0.466 e. The zero-order chi connectivity index (χ0) is 39.4. The summed E-state index contributed by atoms with van der Waals surface area (Å²) in [5.74, 6) is -0.0780. The first-order valence-corrected chi connectivity index (χ1v) is 23.9. The molecule has 0 aromatic carbocycles. The molecule has 0 radical (unpaired) electrons. The van der Waals surface area contributed by atoms with Crippen LogP contribution in [-0.4, -0.2) is 47.4 Å². The maximum absolute atomic E-state index is 12.4. The molecule has 0 bridgehead atoms. The third kappa shape index (κ3) is 40.3. The lowest BCUT2D eigenvalue weighted by molar-refractivity contribution is -0.143. The van der Waals surface area contributed by atoms with Crippen molar-refractivity contribution in [2.24, 2.45) is 0 Å². The van der Waals surface area contributed by atoms with Crippen molar-refractivity contribution in [3.05, 3.63) is 12.2 Å². The van der Waals surface area contributed by atoms with Gasteiger partial charge in [-0.2, -0.15) is 0 Å². The predicted octanol–water partition coefficient (Wildman–Crippen LogP) is 13.8. The van der Waals surface area contributed by atoms with Crippen molar-refractivity contribution in [1.29, 1.82) is 0 Å². The van der Waals surface area contributed by atoms with E-state index in [9.17, 15) is 19.8 Å². The Hall–Kier alpha value is -1.40. The summed E-state index contributed by atoms with van der Waals surface area (Å²) in [5.41, 5.74) is 0. The SMILES string of the molecule is CCCCCCCCCCCCCCCC(O)C(CO)NC(=O)CCCCC/C=C\CCCCCCCCOC(=O)CCCCCCCCCCCCC. The molecule has 0 aliphatic heterocycles. The van der Waals surface area contributed by atoms with Gasteiger partial charge >= 0.3 is 5.97 Å². The molecule has 6 nitrogen and oxygen atoms in total. The Morgan fingerprint density at radius 3 is 1.33 bits per heavy atom. The van der Waals surface area contributed by atoms with Crippen LogP contribution in [0.25, 0.3) is 0 Å². The minimum atomic E-state index is -0.679. The number of carbonyl (C=O) groups excluding carboxylic acids is 2. The number of nitrogens with one attached hydrogen (secondary N) is 1. The van der Waals surface area contributed by atoms with Crippen molar-refractivity contribution < 1.29 is 24.5 Å². The lowest BCUT2D eigenvalue weighted by Gasteiger charge is -2.22.